The molecule has 0 saturated carbocycles. The highest BCUT2D eigenvalue weighted by Gasteiger charge is 2.48. The summed E-state index contributed by atoms with van der Waals surface area (Å²) < 4.78 is 61.0. The molecule has 1 aliphatic heterocycles. The summed E-state index contributed by atoms with van der Waals surface area (Å²) in [5.74, 6) is 0. The molecule has 2 rings (SSSR count). The van der Waals surface area contributed by atoms with Gasteiger partial charge in [0.15, 0.2) is 0 Å². The van der Waals surface area contributed by atoms with E-state index in [1.54, 1.807) is 5.01 Å². The molecule has 0 unspecified atom stereocenters. The van der Waals surface area contributed by atoms with Gasteiger partial charge >= 0.3 is 5.51 Å². The van der Waals surface area contributed by atoms with Crippen LogP contribution in [-0.2, 0) is 9.84 Å². The second-order valence-corrected chi connectivity index (χ2v) is 6.51. The van der Waals surface area contributed by atoms with Gasteiger partial charge in [-0.1, -0.05) is 18.6 Å². The number of rotatable bonds is 3. The van der Waals surface area contributed by atoms with Crippen LogP contribution in [0.2, 0.25) is 0 Å². The van der Waals surface area contributed by atoms with E-state index in [0.29, 0.717) is 13.1 Å². The zero-order valence-corrected chi connectivity index (χ0v) is 11.5. The van der Waals surface area contributed by atoms with Crippen molar-refractivity contribution in [3.8, 4) is 0 Å². The summed E-state index contributed by atoms with van der Waals surface area (Å²) in [7, 11) is -5.35. The molecule has 0 aliphatic carbocycles. The molecule has 0 spiro atoms. The Labute approximate surface area is 115 Å². The van der Waals surface area contributed by atoms with Gasteiger partial charge in [0.2, 0.25) is 0 Å². The van der Waals surface area contributed by atoms with Gasteiger partial charge in [0, 0.05) is 13.1 Å². The summed E-state index contributed by atoms with van der Waals surface area (Å²) in [5.41, 5.74) is -2.55. The fourth-order valence-electron chi connectivity index (χ4n) is 2.09. The second-order valence-electron chi connectivity index (χ2n) is 4.60. The molecule has 0 bridgehead atoms. The molecule has 4 nitrogen and oxygen atoms in total. The third kappa shape index (κ3) is 3.06. The molecule has 1 aliphatic rings. The minimum Gasteiger partial charge on any atom is -0.318 e. The fraction of sp³-hybridized carbons (Fsp3) is 0.500. The van der Waals surface area contributed by atoms with Crippen LogP contribution in [0.4, 0.5) is 18.9 Å². The molecule has 1 heterocycles. The standard InChI is InChI=1S/C12H15F3N2O2S/c13-12(14,15)20(18,19)11-7-3-2-6-10(11)16-17-8-4-1-5-9-17/h2-3,6-7,16H,1,4-5,8-9H2. The van der Waals surface area contributed by atoms with Gasteiger partial charge in [-0.2, -0.15) is 13.2 Å². The van der Waals surface area contributed by atoms with E-state index in [0.717, 1.165) is 25.3 Å². The molecular weight excluding hydrogens is 293 g/mol. The van der Waals surface area contributed by atoms with Crippen molar-refractivity contribution in [3.63, 3.8) is 0 Å². The highest BCUT2D eigenvalue weighted by Crippen LogP contribution is 2.34. The van der Waals surface area contributed by atoms with E-state index in [1.165, 1.54) is 18.2 Å². The number of nitrogens with zero attached hydrogens (tertiary/aromatic N) is 1. The SMILES string of the molecule is O=S(=O)(c1ccccc1NN1CCCCC1)C(F)(F)F. The smallest absolute Gasteiger partial charge is 0.318 e. The van der Waals surface area contributed by atoms with Crippen molar-refractivity contribution >= 4 is 15.5 Å². The van der Waals surface area contributed by atoms with Gasteiger partial charge in [-0.3, -0.25) is 0 Å². The summed E-state index contributed by atoms with van der Waals surface area (Å²) in [6.45, 7) is 1.36. The van der Waals surface area contributed by atoms with Gasteiger partial charge in [-0.15, -0.1) is 0 Å². The van der Waals surface area contributed by atoms with Crippen LogP contribution in [0, 0.1) is 0 Å². The van der Waals surface area contributed by atoms with Gasteiger partial charge in [0.05, 0.1) is 5.69 Å². The maximum Gasteiger partial charge on any atom is 0.501 e. The van der Waals surface area contributed by atoms with E-state index in [4.69, 9.17) is 0 Å². The summed E-state index contributed by atoms with van der Waals surface area (Å²) in [4.78, 5) is -0.738. The molecule has 1 aromatic rings. The lowest BCUT2D eigenvalue weighted by Gasteiger charge is -2.28. The van der Waals surface area contributed by atoms with Crippen molar-refractivity contribution in [2.24, 2.45) is 0 Å². The average Bonchev–Trinajstić information content (AvgIpc) is 2.39. The van der Waals surface area contributed by atoms with Gasteiger partial charge in [0.1, 0.15) is 4.90 Å². The van der Waals surface area contributed by atoms with Crippen molar-refractivity contribution in [3.05, 3.63) is 24.3 Å². The second kappa shape index (κ2) is 5.61. The predicted octanol–water partition coefficient (Wildman–Crippen LogP) is 2.79. The topological polar surface area (TPSA) is 49.4 Å². The van der Waals surface area contributed by atoms with E-state index in [1.807, 2.05) is 0 Å². The largest absolute Gasteiger partial charge is 0.501 e. The number of benzene rings is 1. The summed E-state index contributed by atoms with van der Waals surface area (Å²) in [6, 6.07) is 5.09. The number of nitrogens with one attached hydrogen (secondary N) is 1. The number of para-hydroxylation sites is 1. The molecule has 0 radical (unpaired) electrons. The van der Waals surface area contributed by atoms with E-state index in [2.05, 4.69) is 5.43 Å². The first-order chi connectivity index (χ1) is 9.32. The number of hydrogen-bond acceptors (Lipinski definition) is 4. The zero-order valence-electron chi connectivity index (χ0n) is 10.7. The number of piperidine rings is 1. The molecular formula is C12H15F3N2O2S. The van der Waals surface area contributed by atoms with E-state index in [9.17, 15) is 21.6 Å². The molecule has 1 aromatic carbocycles. The lowest BCUT2D eigenvalue weighted by Crippen LogP contribution is -2.35. The Morgan fingerprint density at radius 2 is 1.65 bits per heavy atom. The first-order valence-electron chi connectivity index (χ1n) is 6.24. The summed E-state index contributed by atoms with van der Waals surface area (Å²) >= 11 is 0. The van der Waals surface area contributed by atoms with Crippen LogP contribution in [0.3, 0.4) is 0 Å². The monoisotopic (exact) mass is 308 g/mol. The van der Waals surface area contributed by atoms with Gasteiger partial charge in [0.25, 0.3) is 9.84 Å². The Morgan fingerprint density at radius 3 is 2.25 bits per heavy atom. The third-order valence-corrected chi connectivity index (χ3v) is 4.66. The minimum atomic E-state index is -5.35. The van der Waals surface area contributed by atoms with Crippen molar-refractivity contribution in [2.45, 2.75) is 29.7 Å². The Kier molecular flexibility index (Phi) is 4.24. The van der Waals surface area contributed by atoms with Crippen LogP contribution < -0.4 is 5.43 Å². The number of sulfone groups is 1. The van der Waals surface area contributed by atoms with Crippen molar-refractivity contribution in [2.75, 3.05) is 18.5 Å². The zero-order chi connectivity index (χ0) is 14.8. The number of hydrogen-bond donors (Lipinski definition) is 1. The Hall–Kier alpha value is -1.28. The van der Waals surface area contributed by atoms with Gasteiger partial charge in [-0.05, 0) is 25.0 Å². The lowest BCUT2D eigenvalue weighted by atomic mass is 10.2. The van der Waals surface area contributed by atoms with Crippen LogP contribution in [0.1, 0.15) is 19.3 Å². The van der Waals surface area contributed by atoms with Crippen LogP contribution in [0.25, 0.3) is 0 Å². The highest BCUT2D eigenvalue weighted by molar-refractivity contribution is 7.92. The average molecular weight is 308 g/mol. The lowest BCUT2D eigenvalue weighted by molar-refractivity contribution is -0.0435. The Morgan fingerprint density at radius 1 is 1.05 bits per heavy atom. The maximum atomic E-state index is 12.6. The number of halogens is 3. The molecule has 0 atom stereocenters. The van der Waals surface area contributed by atoms with Gasteiger partial charge in [-0.25, -0.2) is 13.4 Å². The molecule has 112 valence electrons. The van der Waals surface area contributed by atoms with Crippen LogP contribution in [0.5, 0.6) is 0 Å². The summed E-state index contributed by atoms with van der Waals surface area (Å²) in [6.07, 6.45) is 2.93. The highest BCUT2D eigenvalue weighted by atomic mass is 32.2. The quantitative estimate of drug-likeness (QED) is 0.933. The first-order valence-corrected chi connectivity index (χ1v) is 7.73. The van der Waals surface area contributed by atoms with E-state index < -0.39 is 20.2 Å². The molecule has 0 aromatic heterocycles. The number of alkyl halides is 3. The Balaban J connectivity index is 2.31. The van der Waals surface area contributed by atoms with Crippen molar-refractivity contribution in [1.29, 1.82) is 0 Å². The van der Waals surface area contributed by atoms with E-state index >= 15 is 0 Å². The van der Waals surface area contributed by atoms with Crippen LogP contribution in [0.15, 0.2) is 29.2 Å². The fourth-order valence-corrected chi connectivity index (χ4v) is 3.00. The molecule has 8 heteroatoms. The molecule has 20 heavy (non-hydrogen) atoms. The summed E-state index contributed by atoms with van der Waals surface area (Å²) in [5, 5.41) is 1.74. The molecule has 1 fully saturated rings. The molecule has 0 amide bonds. The normalized spacial score (nSPS) is 17.9. The Bertz CT molecular complexity index is 566. The predicted molar refractivity (Wildman–Crippen MR) is 68.7 cm³/mol. The van der Waals surface area contributed by atoms with E-state index in [-0.39, 0.29) is 5.69 Å². The van der Waals surface area contributed by atoms with Crippen molar-refractivity contribution < 1.29 is 21.6 Å². The van der Waals surface area contributed by atoms with Crippen LogP contribution >= 0.6 is 0 Å². The maximum absolute atomic E-state index is 12.6. The van der Waals surface area contributed by atoms with Gasteiger partial charge < -0.3 is 5.43 Å². The van der Waals surface area contributed by atoms with Crippen molar-refractivity contribution in [1.82, 2.24) is 5.01 Å². The van der Waals surface area contributed by atoms with Crippen LogP contribution in [-0.4, -0.2) is 32.0 Å². The number of hydrazine groups is 1. The molecule has 1 N–H and O–H groups in total. The molecule has 1 saturated heterocycles. The number of anilines is 1. The minimum absolute atomic E-state index is 0.0354. The third-order valence-electron chi connectivity index (χ3n) is 3.12. The first kappa shape index (κ1) is 15.1.